The van der Waals surface area contributed by atoms with Crippen molar-refractivity contribution >= 4 is 11.8 Å². The van der Waals surface area contributed by atoms with Crippen molar-refractivity contribution in [2.45, 2.75) is 57.5 Å². The van der Waals surface area contributed by atoms with Crippen LogP contribution in [0.25, 0.3) is 0 Å². The zero-order valence-electron chi connectivity index (χ0n) is 10.7. The van der Waals surface area contributed by atoms with Crippen LogP contribution in [0.3, 0.4) is 0 Å². The maximum absolute atomic E-state index is 12.0. The van der Waals surface area contributed by atoms with Crippen LogP contribution in [0.4, 0.5) is 0 Å². The van der Waals surface area contributed by atoms with Gasteiger partial charge in [-0.3, -0.25) is 9.59 Å². The molecule has 0 aromatic carbocycles. The summed E-state index contributed by atoms with van der Waals surface area (Å²) in [6.45, 7) is 4.39. The molecule has 2 unspecified atom stereocenters. The van der Waals surface area contributed by atoms with E-state index in [0.717, 1.165) is 19.3 Å². The minimum atomic E-state index is -0.888. The molecule has 0 aromatic heterocycles. The van der Waals surface area contributed by atoms with Crippen molar-refractivity contribution in [3.8, 4) is 0 Å². The summed E-state index contributed by atoms with van der Waals surface area (Å²) < 4.78 is 0. The van der Waals surface area contributed by atoms with Crippen LogP contribution in [0.1, 0.15) is 46.0 Å². The molecule has 1 aliphatic rings. The summed E-state index contributed by atoms with van der Waals surface area (Å²) in [5.41, 5.74) is 5.04. The first-order chi connectivity index (χ1) is 7.97. The second-order valence-corrected chi connectivity index (χ2v) is 4.98. The fraction of sp³-hybridized carbons (Fsp3) is 0.833. The number of nitrogens with two attached hydrogens (primary N) is 1. The van der Waals surface area contributed by atoms with E-state index in [0.29, 0.717) is 19.4 Å². The summed E-state index contributed by atoms with van der Waals surface area (Å²) in [5, 5.41) is 5.55. The number of nitrogens with one attached hydrogen (secondary N) is 2. The molecule has 2 atom stereocenters. The maximum Gasteiger partial charge on any atom is 0.242 e. The predicted molar refractivity (Wildman–Crippen MR) is 66.3 cm³/mol. The van der Waals surface area contributed by atoms with Crippen molar-refractivity contribution in [2.75, 3.05) is 6.54 Å². The van der Waals surface area contributed by atoms with Gasteiger partial charge in [-0.25, -0.2) is 0 Å². The zero-order chi connectivity index (χ0) is 12.9. The first-order valence-electron chi connectivity index (χ1n) is 6.35. The summed E-state index contributed by atoms with van der Waals surface area (Å²) >= 11 is 0. The van der Waals surface area contributed by atoms with E-state index in [4.69, 9.17) is 5.73 Å². The standard InChI is InChI=1S/C12H23N3O2/c1-3-7-12(2,13)11(17)15-9-6-4-5-8-14-10(9)16/h9H,3-8,13H2,1-2H3,(H,14,16)(H,15,17). The molecule has 1 fully saturated rings. The Morgan fingerprint density at radius 2 is 2.29 bits per heavy atom. The number of hydrogen-bond acceptors (Lipinski definition) is 3. The van der Waals surface area contributed by atoms with Crippen molar-refractivity contribution in [3.05, 3.63) is 0 Å². The van der Waals surface area contributed by atoms with E-state index in [1.54, 1.807) is 6.92 Å². The second-order valence-electron chi connectivity index (χ2n) is 4.98. The first kappa shape index (κ1) is 14.0. The molecule has 1 heterocycles. The Kier molecular flexibility index (Phi) is 4.93. The molecule has 0 aliphatic carbocycles. The lowest BCUT2D eigenvalue weighted by Gasteiger charge is -2.25. The van der Waals surface area contributed by atoms with Crippen molar-refractivity contribution in [3.63, 3.8) is 0 Å². The van der Waals surface area contributed by atoms with Crippen LogP contribution in [0.2, 0.25) is 0 Å². The average Bonchev–Trinajstić information content (AvgIpc) is 2.44. The van der Waals surface area contributed by atoms with Crippen molar-refractivity contribution in [1.29, 1.82) is 0 Å². The van der Waals surface area contributed by atoms with Crippen LogP contribution in [-0.2, 0) is 9.59 Å². The topological polar surface area (TPSA) is 84.2 Å². The SMILES string of the molecule is CCCC(C)(N)C(=O)NC1CCCCNC1=O. The molecule has 4 N–H and O–H groups in total. The van der Waals surface area contributed by atoms with Gasteiger partial charge in [-0.05, 0) is 32.6 Å². The molecule has 17 heavy (non-hydrogen) atoms. The normalized spacial score (nSPS) is 24.4. The Hall–Kier alpha value is -1.10. The van der Waals surface area contributed by atoms with E-state index in [1.165, 1.54) is 0 Å². The molecule has 2 amide bonds. The maximum atomic E-state index is 12.0. The fourth-order valence-corrected chi connectivity index (χ4v) is 2.03. The number of carbonyl (C=O) groups excluding carboxylic acids is 2. The molecule has 0 bridgehead atoms. The quantitative estimate of drug-likeness (QED) is 0.661. The Morgan fingerprint density at radius 1 is 1.59 bits per heavy atom. The lowest BCUT2D eigenvalue weighted by Crippen LogP contribution is -2.56. The Bertz CT molecular complexity index is 289. The smallest absolute Gasteiger partial charge is 0.242 e. The molecule has 98 valence electrons. The molecule has 1 saturated heterocycles. The lowest BCUT2D eigenvalue weighted by molar-refractivity contribution is -0.131. The third kappa shape index (κ3) is 4.00. The molecule has 1 aliphatic heterocycles. The zero-order valence-corrected chi connectivity index (χ0v) is 10.7. The molecule has 0 aromatic rings. The third-order valence-electron chi connectivity index (χ3n) is 3.13. The average molecular weight is 241 g/mol. The van der Waals surface area contributed by atoms with Crippen LogP contribution < -0.4 is 16.4 Å². The van der Waals surface area contributed by atoms with Crippen LogP contribution >= 0.6 is 0 Å². The van der Waals surface area contributed by atoms with Crippen LogP contribution in [0, 0.1) is 0 Å². The van der Waals surface area contributed by atoms with Crippen molar-refractivity contribution < 1.29 is 9.59 Å². The fourth-order valence-electron chi connectivity index (χ4n) is 2.03. The Balaban J connectivity index is 2.57. The predicted octanol–water partition coefficient (Wildman–Crippen LogP) is 0.289. The highest BCUT2D eigenvalue weighted by Crippen LogP contribution is 2.11. The van der Waals surface area contributed by atoms with E-state index in [1.807, 2.05) is 6.92 Å². The van der Waals surface area contributed by atoms with Crippen LogP contribution in [0.15, 0.2) is 0 Å². The van der Waals surface area contributed by atoms with E-state index >= 15 is 0 Å². The molecular weight excluding hydrogens is 218 g/mol. The number of rotatable bonds is 4. The lowest BCUT2D eigenvalue weighted by atomic mass is 9.96. The summed E-state index contributed by atoms with van der Waals surface area (Å²) in [5.74, 6) is -0.329. The summed E-state index contributed by atoms with van der Waals surface area (Å²) in [6.07, 6.45) is 4.07. The number of hydrogen-bond donors (Lipinski definition) is 3. The van der Waals surface area contributed by atoms with Gasteiger partial charge in [-0.1, -0.05) is 13.3 Å². The third-order valence-corrected chi connectivity index (χ3v) is 3.13. The van der Waals surface area contributed by atoms with Gasteiger partial charge in [0.1, 0.15) is 6.04 Å². The van der Waals surface area contributed by atoms with Crippen molar-refractivity contribution in [2.24, 2.45) is 5.73 Å². The van der Waals surface area contributed by atoms with Gasteiger partial charge in [0.2, 0.25) is 11.8 Å². The van der Waals surface area contributed by atoms with Gasteiger partial charge in [0.25, 0.3) is 0 Å². The van der Waals surface area contributed by atoms with E-state index in [-0.39, 0.29) is 11.8 Å². The van der Waals surface area contributed by atoms with E-state index in [2.05, 4.69) is 10.6 Å². The molecule has 5 heteroatoms. The van der Waals surface area contributed by atoms with Crippen molar-refractivity contribution in [1.82, 2.24) is 10.6 Å². The van der Waals surface area contributed by atoms with Gasteiger partial charge >= 0.3 is 0 Å². The number of amides is 2. The molecule has 0 spiro atoms. The summed E-state index contributed by atoms with van der Waals surface area (Å²) in [6, 6.07) is -0.426. The van der Waals surface area contributed by atoms with Gasteiger partial charge in [0.05, 0.1) is 5.54 Å². The minimum Gasteiger partial charge on any atom is -0.354 e. The summed E-state index contributed by atoms with van der Waals surface area (Å²) in [7, 11) is 0. The highest BCUT2D eigenvalue weighted by Gasteiger charge is 2.31. The molecule has 0 radical (unpaired) electrons. The first-order valence-corrected chi connectivity index (χ1v) is 6.35. The van der Waals surface area contributed by atoms with Crippen LogP contribution in [0.5, 0.6) is 0 Å². The van der Waals surface area contributed by atoms with Gasteiger partial charge in [0.15, 0.2) is 0 Å². The second kappa shape index (κ2) is 6.00. The largest absolute Gasteiger partial charge is 0.354 e. The van der Waals surface area contributed by atoms with Gasteiger partial charge in [0, 0.05) is 6.54 Å². The van der Waals surface area contributed by atoms with E-state index < -0.39 is 11.6 Å². The number of carbonyl (C=O) groups is 2. The molecule has 1 rings (SSSR count). The molecule has 5 nitrogen and oxygen atoms in total. The Morgan fingerprint density at radius 3 is 2.94 bits per heavy atom. The monoisotopic (exact) mass is 241 g/mol. The van der Waals surface area contributed by atoms with Gasteiger partial charge in [-0.2, -0.15) is 0 Å². The Labute approximate surface area is 103 Å². The highest BCUT2D eigenvalue weighted by atomic mass is 16.2. The van der Waals surface area contributed by atoms with Crippen LogP contribution in [-0.4, -0.2) is 29.9 Å². The van der Waals surface area contributed by atoms with E-state index in [9.17, 15) is 9.59 Å². The molecular formula is C12H23N3O2. The highest BCUT2D eigenvalue weighted by molar-refractivity contribution is 5.91. The minimum absolute atomic E-state index is 0.0943. The molecule has 0 saturated carbocycles. The van der Waals surface area contributed by atoms with Gasteiger partial charge in [-0.15, -0.1) is 0 Å². The summed E-state index contributed by atoms with van der Waals surface area (Å²) in [4.78, 5) is 23.6. The van der Waals surface area contributed by atoms with Gasteiger partial charge < -0.3 is 16.4 Å².